The number of likely N-dealkylation sites (N-methyl/N-ethyl adjacent to an activating group) is 1. The van der Waals surface area contributed by atoms with Gasteiger partial charge in [0, 0.05) is 24.4 Å². The van der Waals surface area contributed by atoms with Crippen LogP contribution in [0.25, 0.3) is 0 Å². The van der Waals surface area contributed by atoms with E-state index >= 15 is 0 Å². The number of carbonyl (C=O) groups is 2. The van der Waals surface area contributed by atoms with Gasteiger partial charge < -0.3 is 10.2 Å². The zero-order chi connectivity index (χ0) is 16.1. The lowest BCUT2D eigenvalue weighted by Crippen LogP contribution is -2.31. The number of amides is 2. The molecule has 2 rings (SSSR count). The van der Waals surface area contributed by atoms with Crippen molar-refractivity contribution in [2.24, 2.45) is 0 Å². The average Bonchev–Trinajstić information content (AvgIpc) is 3.10. The third-order valence-corrected chi connectivity index (χ3v) is 5.41. The Morgan fingerprint density at radius 2 is 2.27 bits per heavy atom. The van der Waals surface area contributed by atoms with E-state index in [9.17, 15) is 14.9 Å². The largest absolute Gasteiger partial charge is 0.352 e. The van der Waals surface area contributed by atoms with Crippen LogP contribution in [0, 0.1) is 11.3 Å². The van der Waals surface area contributed by atoms with Gasteiger partial charge in [-0.25, -0.2) is 0 Å². The van der Waals surface area contributed by atoms with Crippen molar-refractivity contribution in [3.63, 3.8) is 0 Å². The molecule has 1 aromatic rings. The van der Waals surface area contributed by atoms with E-state index < -0.39 is 5.91 Å². The Labute approximate surface area is 138 Å². The van der Waals surface area contributed by atoms with Crippen LogP contribution < -0.4 is 5.32 Å². The quantitative estimate of drug-likeness (QED) is 0.661. The van der Waals surface area contributed by atoms with Gasteiger partial charge in [0.05, 0.1) is 5.25 Å². The molecule has 5 nitrogen and oxygen atoms in total. The molecule has 0 aliphatic carbocycles. The van der Waals surface area contributed by atoms with Gasteiger partial charge >= 0.3 is 0 Å². The zero-order valence-electron chi connectivity index (χ0n) is 12.5. The highest BCUT2D eigenvalue weighted by Gasteiger charge is 2.38. The smallest absolute Gasteiger partial charge is 0.264 e. The van der Waals surface area contributed by atoms with E-state index in [0.717, 1.165) is 4.88 Å². The number of rotatable bonds is 5. The third kappa shape index (κ3) is 3.34. The summed E-state index contributed by atoms with van der Waals surface area (Å²) < 4.78 is 0. The van der Waals surface area contributed by atoms with Gasteiger partial charge in [0.25, 0.3) is 5.91 Å². The highest BCUT2D eigenvalue weighted by molar-refractivity contribution is 8.04. The first kappa shape index (κ1) is 16.6. The molecule has 116 valence electrons. The van der Waals surface area contributed by atoms with Crippen molar-refractivity contribution in [3.8, 4) is 6.07 Å². The first-order valence-corrected chi connectivity index (χ1v) is 8.81. The van der Waals surface area contributed by atoms with Gasteiger partial charge in [0.1, 0.15) is 16.7 Å². The van der Waals surface area contributed by atoms with E-state index in [1.165, 1.54) is 16.7 Å². The summed E-state index contributed by atoms with van der Waals surface area (Å²) in [6, 6.07) is 5.89. The van der Waals surface area contributed by atoms with Crippen molar-refractivity contribution in [2.45, 2.75) is 25.5 Å². The minimum atomic E-state index is -0.421. The van der Waals surface area contributed by atoms with Crippen molar-refractivity contribution in [3.05, 3.63) is 33.0 Å². The monoisotopic (exact) mass is 335 g/mol. The second-order valence-corrected chi connectivity index (χ2v) is 6.85. The van der Waals surface area contributed by atoms with Gasteiger partial charge in [-0.15, -0.1) is 11.3 Å². The molecule has 1 aliphatic rings. The molecule has 22 heavy (non-hydrogen) atoms. The Morgan fingerprint density at radius 3 is 2.82 bits per heavy atom. The second kappa shape index (κ2) is 7.47. The number of hydrogen-bond acceptors (Lipinski definition) is 5. The van der Waals surface area contributed by atoms with Crippen LogP contribution in [0.4, 0.5) is 0 Å². The predicted octanol–water partition coefficient (Wildman–Crippen LogP) is 2.13. The lowest BCUT2D eigenvalue weighted by Gasteiger charge is -2.15. The molecular formula is C15H17N3O2S2. The van der Waals surface area contributed by atoms with Crippen LogP contribution in [0.15, 0.2) is 28.1 Å². The number of nitriles is 1. The van der Waals surface area contributed by atoms with Crippen molar-refractivity contribution < 1.29 is 9.59 Å². The molecule has 7 heteroatoms. The zero-order valence-corrected chi connectivity index (χ0v) is 14.1. The van der Waals surface area contributed by atoms with Crippen LogP contribution in [0.3, 0.4) is 0 Å². The highest BCUT2D eigenvalue weighted by Crippen LogP contribution is 2.39. The van der Waals surface area contributed by atoms with Gasteiger partial charge in [-0.2, -0.15) is 5.26 Å². The number of hydrogen-bond donors (Lipinski definition) is 1. The summed E-state index contributed by atoms with van der Waals surface area (Å²) in [5.41, 5.74) is 0.0238. The fourth-order valence-corrected chi connectivity index (χ4v) is 4.42. The summed E-state index contributed by atoms with van der Waals surface area (Å²) in [6.45, 7) is 4.54. The van der Waals surface area contributed by atoms with E-state index in [1.807, 2.05) is 30.5 Å². The van der Waals surface area contributed by atoms with Gasteiger partial charge in [-0.05, 0) is 25.3 Å². The normalized spacial score (nSPS) is 20.0. The molecule has 1 atom stereocenters. The summed E-state index contributed by atoms with van der Waals surface area (Å²) >= 11 is 2.92. The fraction of sp³-hybridized carbons (Fsp3) is 0.400. The van der Waals surface area contributed by atoms with Crippen molar-refractivity contribution >= 4 is 34.9 Å². The Balaban J connectivity index is 2.29. The van der Waals surface area contributed by atoms with Crippen molar-refractivity contribution in [2.75, 3.05) is 13.1 Å². The summed E-state index contributed by atoms with van der Waals surface area (Å²) in [6.07, 6.45) is 0.620. The summed E-state index contributed by atoms with van der Waals surface area (Å²) in [7, 11) is 0. The number of thioether (sulfide) groups is 1. The predicted molar refractivity (Wildman–Crippen MR) is 88.1 cm³/mol. The molecule has 0 aromatic carbocycles. The molecule has 2 amide bonds. The molecule has 0 radical (unpaired) electrons. The molecule has 0 bridgehead atoms. The molecule has 1 fully saturated rings. The topological polar surface area (TPSA) is 73.2 Å². The lowest BCUT2D eigenvalue weighted by molar-refractivity contribution is -0.127. The van der Waals surface area contributed by atoms with Crippen LogP contribution in [0.1, 0.15) is 18.7 Å². The van der Waals surface area contributed by atoms with Gasteiger partial charge in [-0.3, -0.25) is 9.59 Å². The van der Waals surface area contributed by atoms with Crippen LogP contribution in [0.2, 0.25) is 0 Å². The number of thiophene rings is 1. The molecule has 1 aromatic heterocycles. The van der Waals surface area contributed by atoms with Gasteiger partial charge in [0.2, 0.25) is 5.91 Å². The van der Waals surface area contributed by atoms with Gasteiger partial charge in [0.15, 0.2) is 0 Å². The van der Waals surface area contributed by atoms with Crippen LogP contribution >= 0.6 is 23.1 Å². The van der Waals surface area contributed by atoms with E-state index in [2.05, 4.69) is 5.32 Å². The standard InChI is InChI=1S/C15H17N3O2S2/c1-3-17-13(19)11(9-16)15-18(4-2)14(20)12(22-15)8-10-6-5-7-21-10/h5-7,12H,3-4,8H2,1-2H3,(H,17,19)/b15-11-. The van der Waals surface area contributed by atoms with E-state index in [1.54, 1.807) is 18.3 Å². The average molecular weight is 335 g/mol. The van der Waals surface area contributed by atoms with Gasteiger partial charge in [-0.1, -0.05) is 17.8 Å². The Kier molecular flexibility index (Phi) is 5.63. The maximum atomic E-state index is 12.5. The van der Waals surface area contributed by atoms with E-state index in [4.69, 9.17) is 0 Å². The molecule has 1 aliphatic heterocycles. The molecule has 1 unspecified atom stereocenters. The first-order valence-electron chi connectivity index (χ1n) is 7.05. The molecule has 0 spiro atoms. The number of nitrogens with one attached hydrogen (secondary N) is 1. The molecule has 0 saturated carbocycles. The van der Waals surface area contributed by atoms with E-state index in [-0.39, 0.29) is 16.7 Å². The van der Waals surface area contributed by atoms with Crippen LogP contribution in [-0.4, -0.2) is 35.1 Å². The molecule has 1 saturated heterocycles. The van der Waals surface area contributed by atoms with Crippen LogP contribution in [0.5, 0.6) is 0 Å². The molecule has 1 N–H and O–H groups in total. The highest BCUT2D eigenvalue weighted by atomic mass is 32.2. The minimum absolute atomic E-state index is 0.0238. The third-order valence-electron chi connectivity index (χ3n) is 3.21. The van der Waals surface area contributed by atoms with Crippen LogP contribution in [-0.2, 0) is 16.0 Å². The molecular weight excluding hydrogens is 318 g/mol. The fourth-order valence-electron chi connectivity index (χ4n) is 2.20. The number of nitrogens with zero attached hydrogens (tertiary/aromatic N) is 2. The SMILES string of the molecule is CCNC(=O)/C(C#N)=C1\SC(Cc2cccs2)C(=O)N1CC. The van der Waals surface area contributed by atoms with Crippen molar-refractivity contribution in [1.82, 2.24) is 10.2 Å². The maximum absolute atomic E-state index is 12.5. The summed E-state index contributed by atoms with van der Waals surface area (Å²) in [4.78, 5) is 27.2. The summed E-state index contributed by atoms with van der Waals surface area (Å²) in [5, 5.41) is 14.1. The lowest BCUT2D eigenvalue weighted by atomic mass is 10.2. The first-order chi connectivity index (χ1) is 10.6. The Morgan fingerprint density at radius 1 is 1.50 bits per heavy atom. The Bertz CT molecular complexity index is 632. The van der Waals surface area contributed by atoms with E-state index in [0.29, 0.717) is 24.5 Å². The molecule has 2 heterocycles. The number of carbonyl (C=O) groups excluding carboxylic acids is 2. The summed E-state index contributed by atoms with van der Waals surface area (Å²) in [5.74, 6) is -0.455. The van der Waals surface area contributed by atoms with Crippen molar-refractivity contribution in [1.29, 1.82) is 5.26 Å². The second-order valence-electron chi connectivity index (χ2n) is 4.62. The minimum Gasteiger partial charge on any atom is -0.352 e. The Hall–Kier alpha value is -1.78. The maximum Gasteiger partial charge on any atom is 0.264 e.